The summed E-state index contributed by atoms with van der Waals surface area (Å²) in [4.78, 5) is 12.5. The highest BCUT2D eigenvalue weighted by atomic mass is 16.5. The minimum Gasteiger partial charge on any atom is -0.465 e. The van der Waals surface area contributed by atoms with Crippen LogP contribution in [0.2, 0.25) is 0 Å². The van der Waals surface area contributed by atoms with Gasteiger partial charge < -0.3 is 4.74 Å². The van der Waals surface area contributed by atoms with Gasteiger partial charge in [0.1, 0.15) is 0 Å². The molecule has 0 rings (SSSR count). The van der Waals surface area contributed by atoms with Gasteiger partial charge in [0.15, 0.2) is 0 Å². The van der Waals surface area contributed by atoms with Crippen LogP contribution in [0.15, 0.2) is 0 Å². The Morgan fingerprint density at radius 1 is 0.548 bits per heavy atom. The molecule has 0 radical (unpaired) electrons. The zero-order valence-electron chi connectivity index (χ0n) is 22.0. The third kappa shape index (κ3) is 21.1. The van der Waals surface area contributed by atoms with E-state index in [9.17, 15) is 4.79 Å². The molecule has 0 aliphatic carbocycles. The number of carbonyl (C=O) groups excluding carboxylic acids is 1. The highest BCUT2D eigenvalue weighted by Gasteiger charge is 2.17. The molecule has 186 valence electrons. The second kappa shape index (κ2) is 24.1. The standard InChI is InChI=1S/C29H58O2/c1-5-8-11-13-15-17-18-21-23-27(4)29(30)31-26-28(24-20-10-7-3)25-22-19-16-14-12-9-6-2/h27-28H,5-26H2,1-4H3. The molecule has 0 bridgehead atoms. The van der Waals surface area contributed by atoms with Crippen molar-refractivity contribution in [1.82, 2.24) is 0 Å². The Morgan fingerprint density at radius 3 is 1.39 bits per heavy atom. The zero-order valence-corrected chi connectivity index (χ0v) is 22.0. The first-order valence-corrected chi connectivity index (χ1v) is 14.3. The molecule has 0 heterocycles. The van der Waals surface area contributed by atoms with E-state index in [0.29, 0.717) is 12.5 Å². The van der Waals surface area contributed by atoms with Crippen molar-refractivity contribution in [3.8, 4) is 0 Å². The molecule has 2 heteroatoms. The molecule has 0 aromatic heterocycles. The van der Waals surface area contributed by atoms with Gasteiger partial charge in [0.25, 0.3) is 0 Å². The zero-order chi connectivity index (χ0) is 23.0. The first kappa shape index (κ1) is 30.5. The second-order valence-electron chi connectivity index (χ2n) is 10.1. The fourth-order valence-electron chi connectivity index (χ4n) is 4.43. The number of hydrogen-bond donors (Lipinski definition) is 0. The second-order valence-corrected chi connectivity index (χ2v) is 10.1. The van der Waals surface area contributed by atoms with E-state index in [-0.39, 0.29) is 11.9 Å². The van der Waals surface area contributed by atoms with Gasteiger partial charge in [-0.05, 0) is 25.2 Å². The van der Waals surface area contributed by atoms with E-state index in [1.165, 1.54) is 128 Å². The Balaban J connectivity index is 3.95. The van der Waals surface area contributed by atoms with Gasteiger partial charge in [-0.25, -0.2) is 0 Å². The van der Waals surface area contributed by atoms with Crippen LogP contribution in [0.4, 0.5) is 0 Å². The molecule has 2 nitrogen and oxygen atoms in total. The van der Waals surface area contributed by atoms with Crippen LogP contribution in [0.5, 0.6) is 0 Å². The van der Waals surface area contributed by atoms with Gasteiger partial charge in [0, 0.05) is 0 Å². The van der Waals surface area contributed by atoms with Crippen molar-refractivity contribution in [2.24, 2.45) is 11.8 Å². The lowest BCUT2D eigenvalue weighted by Gasteiger charge is -2.19. The maximum Gasteiger partial charge on any atom is 0.308 e. The number of carbonyl (C=O) groups is 1. The van der Waals surface area contributed by atoms with Crippen molar-refractivity contribution < 1.29 is 9.53 Å². The van der Waals surface area contributed by atoms with E-state index in [0.717, 1.165) is 6.42 Å². The molecule has 0 spiro atoms. The van der Waals surface area contributed by atoms with Crippen LogP contribution in [-0.4, -0.2) is 12.6 Å². The van der Waals surface area contributed by atoms with Crippen LogP contribution >= 0.6 is 0 Å². The van der Waals surface area contributed by atoms with Crippen LogP contribution in [0.1, 0.15) is 163 Å². The van der Waals surface area contributed by atoms with E-state index < -0.39 is 0 Å². The molecule has 0 aromatic carbocycles. The number of rotatable bonds is 24. The van der Waals surface area contributed by atoms with Crippen LogP contribution in [0.3, 0.4) is 0 Å². The normalized spacial score (nSPS) is 13.3. The highest BCUT2D eigenvalue weighted by Crippen LogP contribution is 2.20. The van der Waals surface area contributed by atoms with E-state index in [2.05, 4.69) is 27.7 Å². The number of esters is 1. The molecule has 0 N–H and O–H groups in total. The minimum atomic E-state index is 0.0444. The summed E-state index contributed by atoms with van der Waals surface area (Å²) in [5, 5.41) is 0. The Labute approximate surface area is 196 Å². The molecule has 31 heavy (non-hydrogen) atoms. The van der Waals surface area contributed by atoms with Crippen molar-refractivity contribution in [3.05, 3.63) is 0 Å². The quantitative estimate of drug-likeness (QED) is 0.111. The topological polar surface area (TPSA) is 26.3 Å². The lowest BCUT2D eigenvalue weighted by Crippen LogP contribution is -2.19. The molecule has 0 aliphatic rings. The number of unbranched alkanes of at least 4 members (excludes halogenated alkanes) is 15. The van der Waals surface area contributed by atoms with Crippen molar-refractivity contribution in [2.75, 3.05) is 6.61 Å². The van der Waals surface area contributed by atoms with Crippen LogP contribution < -0.4 is 0 Å². The number of hydrogen-bond acceptors (Lipinski definition) is 2. The molecule has 0 aliphatic heterocycles. The minimum absolute atomic E-state index is 0.0444. The summed E-state index contributed by atoms with van der Waals surface area (Å²) in [6, 6.07) is 0. The first-order valence-electron chi connectivity index (χ1n) is 14.3. The lowest BCUT2D eigenvalue weighted by atomic mass is 9.95. The summed E-state index contributed by atoms with van der Waals surface area (Å²) in [5.74, 6) is 0.680. The molecule has 2 unspecified atom stereocenters. The van der Waals surface area contributed by atoms with Gasteiger partial charge in [-0.2, -0.15) is 0 Å². The fourth-order valence-corrected chi connectivity index (χ4v) is 4.43. The maximum absolute atomic E-state index is 12.5. The summed E-state index contributed by atoms with van der Waals surface area (Å²) >= 11 is 0. The van der Waals surface area contributed by atoms with Crippen LogP contribution in [0, 0.1) is 11.8 Å². The van der Waals surface area contributed by atoms with Crippen LogP contribution in [0.25, 0.3) is 0 Å². The maximum atomic E-state index is 12.5. The molecule has 0 fully saturated rings. The van der Waals surface area contributed by atoms with Gasteiger partial charge >= 0.3 is 5.97 Å². The SMILES string of the molecule is CCCCCCCCCCC(C)C(=O)OCC(CCCCC)CCCCCCCCC. The van der Waals surface area contributed by atoms with E-state index >= 15 is 0 Å². The predicted octanol–water partition coefficient (Wildman–Crippen LogP) is 10.0. The van der Waals surface area contributed by atoms with Gasteiger partial charge in [0.05, 0.1) is 12.5 Å². The van der Waals surface area contributed by atoms with Gasteiger partial charge in [-0.3, -0.25) is 4.79 Å². The van der Waals surface area contributed by atoms with Crippen molar-refractivity contribution >= 4 is 5.97 Å². The Kier molecular flexibility index (Phi) is 23.7. The van der Waals surface area contributed by atoms with Crippen LogP contribution in [-0.2, 0) is 9.53 Å². The molecule has 0 amide bonds. The molecular weight excluding hydrogens is 380 g/mol. The predicted molar refractivity (Wildman–Crippen MR) is 138 cm³/mol. The van der Waals surface area contributed by atoms with E-state index in [1.54, 1.807) is 0 Å². The fraction of sp³-hybridized carbons (Fsp3) is 0.966. The number of ether oxygens (including phenoxy) is 1. The molecule has 0 saturated carbocycles. The van der Waals surface area contributed by atoms with Crippen molar-refractivity contribution in [1.29, 1.82) is 0 Å². The Hall–Kier alpha value is -0.530. The smallest absolute Gasteiger partial charge is 0.308 e. The van der Waals surface area contributed by atoms with Gasteiger partial charge in [-0.15, -0.1) is 0 Å². The summed E-state index contributed by atoms with van der Waals surface area (Å²) in [5.41, 5.74) is 0. The molecule has 0 aromatic rings. The van der Waals surface area contributed by atoms with Gasteiger partial charge in [0.2, 0.25) is 0 Å². The summed E-state index contributed by atoms with van der Waals surface area (Å²) < 4.78 is 5.79. The molecule has 2 atom stereocenters. The third-order valence-electron chi connectivity index (χ3n) is 6.79. The first-order chi connectivity index (χ1) is 15.2. The molecular formula is C29H58O2. The summed E-state index contributed by atoms with van der Waals surface area (Å²) in [7, 11) is 0. The summed E-state index contributed by atoms with van der Waals surface area (Å²) in [6.45, 7) is 9.52. The van der Waals surface area contributed by atoms with Crippen molar-refractivity contribution in [2.45, 2.75) is 163 Å². The Morgan fingerprint density at radius 2 is 0.903 bits per heavy atom. The average molecular weight is 439 g/mol. The lowest BCUT2D eigenvalue weighted by molar-refractivity contribution is -0.149. The monoisotopic (exact) mass is 438 g/mol. The van der Waals surface area contributed by atoms with Crippen molar-refractivity contribution in [3.63, 3.8) is 0 Å². The highest BCUT2D eigenvalue weighted by molar-refractivity contribution is 5.71. The molecule has 0 saturated heterocycles. The third-order valence-corrected chi connectivity index (χ3v) is 6.79. The van der Waals surface area contributed by atoms with E-state index in [4.69, 9.17) is 4.74 Å². The van der Waals surface area contributed by atoms with E-state index in [1.807, 2.05) is 0 Å². The Bertz CT molecular complexity index is 366. The van der Waals surface area contributed by atoms with Gasteiger partial charge in [-0.1, -0.05) is 143 Å². The largest absolute Gasteiger partial charge is 0.465 e. The summed E-state index contributed by atoms with van der Waals surface area (Å²) in [6.07, 6.45) is 27.4. The average Bonchev–Trinajstić information content (AvgIpc) is 2.77.